The second-order valence-corrected chi connectivity index (χ2v) is 7.26. The van der Waals surface area contributed by atoms with Gasteiger partial charge in [-0.2, -0.15) is 0 Å². The lowest BCUT2D eigenvalue weighted by atomic mass is 10.1. The van der Waals surface area contributed by atoms with Crippen LogP contribution in [-0.2, 0) is 17.6 Å². The molecule has 0 bridgehead atoms. The zero-order valence-corrected chi connectivity index (χ0v) is 15.9. The molecule has 3 heterocycles. The Kier molecular flexibility index (Phi) is 4.77. The van der Waals surface area contributed by atoms with Crippen LogP contribution in [-0.4, -0.2) is 29.6 Å². The van der Waals surface area contributed by atoms with Crippen LogP contribution in [0.4, 0.5) is 5.82 Å². The van der Waals surface area contributed by atoms with Gasteiger partial charge in [-0.05, 0) is 30.7 Å². The van der Waals surface area contributed by atoms with E-state index in [0.29, 0.717) is 24.1 Å². The van der Waals surface area contributed by atoms with E-state index in [9.17, 15) is 4.79 Å². The van der Waals surface area contributed by atoms with Crippen LogP contribution in [0.15, 0.2) is 41.1 Å². The van der Waals surface area contributed by atoms with Crippen LogP contribution >= 0.6 is 11.3 Å². The van der Waals surface area contributed by atoms with Crippen molar-refractivity contribution in [2.24, 2.45) is 0 Å². The number of carbonyl (C=O) groups excluding carboxylic acids is 1. The van der Waals surface area contributed by atoms with Crippen molar-refractivity contribution in [1.82, 2.24) is 9.97 Å². The molecule has 3 aromatic heterocycles. The highest BCUT2D eigenvalue weighted by atomic mass is 32.1. The Hall–Kier alpha value is -2.93. The molecule has 0 aliphatic carbocycles. The molecule has 0 unspecified atom stereocenters. The van der Waals surface area contributed by atoms with E-state index in [1.165, 1.54) is 12.0 Å². The molecule has 4 rings (SSSR count). The maximum atomic E-state index is 11.6. The quantitative estimate of drug-likeness (QED) is 0.498. The van der Waals surface area contributed by atoms with Crippen molar-refractivity contribution in [2.75, 3.05) is 19.0 Å². The Morgan fingerprint density at radius 3 is 2.96 bits per heavy atom. The van der Waals surface area contributed by atoms with E-state index >= 15 is 0 Å². The molecule has 4 aromatic rings. The Labute approximate surface area is 160 Å². The fourth-order valence-electron chi connectivity index (χ4n) is 2.98. The summed E-state index contributed by atoms with van der Waals surface area (Å²) in [5.41, 5.74) is 1.17. The van der Waals surface area contributed by atoms with Crippen LogP contribution in [0.3, 0.4) is 0 Å². The average molecular weight is 381 g/mol. The number of esters is 1. The minimum atomic E-state index is -0.369. The van der Waals surface area contributed by atoms with Crippen LogP contribution in [0, 0.1) is 0 Å². The third-order valence-corrected chi connectivity index (χ3v) is 5.57. The summed E-state index contributed by atoms with van der Waals surface area (Å²) >= 11 is 1.70. The highest BCUT2D eigenvalue weighted by Crippen LogP contribution is 2.28. The SMILES string of the molecule is CCc1cc2c(NCCc3cc4ccc(C(=O)OC)cc4o3)ncnc2s1. The topological polar surface area (TPSA) is 77.2 Å². The van der Waals surface area contributed by atoms with E-state index < -0.39 is 0 Å². The summed E-state index contributed by atoms with van der Waals surface area (Å²) in [5, 5.41) is 5.41. The fourth-order valence-corrected chi connectivity index (χ4v) is 3.91. The van der Waals surface area contributed by atoms with Gasteiger partial charge in [0, 0.05) is 23.2 Å². The lowest BCUT2D eigenvalue weighted by molar-refractivity contribution is 0.0600. The Balaban J connectivity index is 1.47. The van der Waals surface area contributed by atoms with Gasteiger partial charge in [-0.1, -0.05) is 13.0 Å². The van der Waals surface area contributed by atoms with Crippen LogP contribution in [0.5, 0.6) is 0 Å². The number of carbonyl (C=O) groups is 1. The number of furan rings is 1. The second kappa shape index (κ2) is 7.36. The third-order valence-electron chi connectivity index (χ3n) is 4.38. The van der Waals surface area contributed by atoms with Gasteiger partial charge in [-0.15, -0.1) is 11.3 Å². The normalized spacial score (nSPS) is 11.2. The first kappa shape index (κ1) is 17.5. The number of hydrogen-bond donors (Lipinski definition) is 1. The van der Waals surface area contributed by atoms with Gasteiger partial charge in [0.05, 0.1) is 18.1 Å². The first-order valence-corrected chi connectivity index (χ1v) is 9.57. The van der Waals surface area contributed by atoms with Crippen molar-refractivity contribution in [3.8, 4) is 0 Å². The molecule has 0 aliphatic rings. The monoisotopic (exact) mass is 381 g/mol. The highest BCUT2D eigenvalue weighted by Gasteiger charge is 2.11. The zero-order valence-electron chi connectivity index (χ0n) is 15.1. The van der Waals surface area contributed by atoms with E-state index in [1.54, 1.807) is 29.8 Å². The number of hydrogen-bond acceptors (Lipinski definition) is 7. The fraction of sp³-hybridized carbons (Fsp3) is 0.250. The minimum absolute atomic E-state index is 0.369. The van der Waals surface area contributed by atoms with Crippen molar-refractivity contribution in [3.63, 3.8) is 0 Å². The van der Waals surface area contributed by atoms with Crippen LogP contribution in [0.25, 0.3) is 21.2 Å². The van der Waals surface area contributed by atoms with Gasteiger partial charge in [0.1, 0.15) is 28.3 Å². The maximum absolute atomic E-state index is 11.6. The molecule has 138 valence electrons. The summed E-state index contributed by atoms with van der Waals surface area (Å²) in [7, 11) is 1.37. The molecule has 0 amide bonds. The lowest BCUT2D eigenvalue weighted by Gasteiger charge is -2.04. The zero-order chi connectivity index (χ0) is 18.8. The number of rotatable bonds is 6. The lowest BCUT2D eigenvalue weighted by Crippen LogP contribution is -2.06. The number of anilines is 1. The summed E-state index contributed by atoms with van der Waals surface area (Å²) < 4.78 is 10.6. The number of aryl methyl sites for hydroxylation is 1. The molecule has 0 atom stereocenters. The van der Waals surface area contributed by atoms with Gasteiger partial charge in [-0.25, -0.2) is 14.8 Å². The summed E-state index contributed by atoms with van der Waals surface area (Å²) in [5.74, 6) is 1.33. The van der Waals surface area contributed by atoms with Gasteiger partial charge in [0.15, 0.2) is 0 Å². The number of nitrogens with zero attached hydrogens (tertiary/aromatic N) is 2. The standard InChI is InChI=1S/C20H19N3O3S/c1-3-15-10-16-18(22-11-23-19(16)27-15)21-7-6-14-8-12-4-5-13(20(24)25-2)9-17(12)26-14/h4-5,8-11H,3,6-7H2,1-2H3,(H,21,22,23). The summed E-state index contributed by atoms with van der Waals surface area (Å²) in [6, 6.07) is 9.47. The number of nitrogens with one attached hydrogen (secondary N) is 1. The number of aromatic nitrogens is 2. The highest BCUT2D eigenvalue weighted by molar-refractivity contribution is 7.18. The molecular formula is C20H19N3O3S. The van der Waals surface area contributed by atoms with Crippen molar-refractivity contribution in [1.29, 1.82) is 0 Å². The Morgan fingerprint density at radius 1 is 1.26 bits per heavy atom. The molecule has 0 spiro atoms. The Morgan fingerprint density at radius 2 is 2.15 bits per heavy atom. The number of ether oxygens (including phenoxy) is 1. The molecule has 6 nitrogen and oxygen atoms in total. The number of methoxy groups -OCH3 is 1. The van der Waals surface area contributed by atoms with Crippen molar-refractivity contribution in [3.05, 3.63) is 52.9 Å². The number of thiophene rings is 1. The van der Waals surface area contributed by atoms with Crippen molar-refractivity contribution in [2.45, 2.75) is 19.8 Å². The van der Waals surface area contributed by atoms with E-state index in [0.717, 1.165) is 33.6 Å². The third kappa shape index (κ3) is 3.50. The molecule has 7 heteroatoms. The largest absolute Gasteiger partial charge is 0.465 e. The van der Waals surface area contributed by atoms with E-state index in [2.05, 4.69) is 28.3 Å². The smallest absolute Gasteiger partial charge is 0.337 e. The molecule has 0 radical (unpaired) electrons. The number of benzene rings is 1. The predicted octanol–water partition coefficient (Wildman–Crippen LogP) is 4.44. The van der Waals surface area contributed by atoms with Crippen molar-refractivity contribution < 1.29 is 13.9 Å². The number of fused-ring (bicyclic) bond motifs is 2. The summed E-state index contributed by atoms with van der Waals surface area (Å²) in [4.78, 5) is 22.7. The van der Waals surface area contributed by atoms with Gasteiger partial charge in [0.25, 0.3) is 0 Å². The second-order valence-electron chi connectivity index (χ2n) is 6.14. The van der Waals surface area contributed by atoms with Gasteiger partial charge >= 0.3 is 5.97 Å². The van der Waals surface area contributed by atoms with E-state index in [-0.39, 0.29) is 5.97 Å². The molecule has 0 fully saturated rings. The molecule has 1 N–H and O–H groups in total. The molecule has 27 heavy (non-hydrogen) atoms. The van der Waals surface area contributed by atoms with Gasteiger partial charge in [0.2, 0.25) is 0 Å². The summed E-state index contributed by atoms with van der Waals surface area (Å²) in [6.45, 7) is 2.82. The molecule has 0 saturated carbocycles. The van der Waals surface area contributed by atoms with E-state index in [1.807, 2.05) is 12.1 Å². The molecule has 0 aliphatic heterocycles. The van der Waals surface area contributed by atoms with Crippen molar-refractivity contribution >= 4 is 44.3 Å². The molecular weight excluding hydrogens is 362 g/mol. The van der Waals surface area contributed by atoms with Crippen LogP contribution < -0.4 is 5.32 Å². The van der Waals surface area contributed by atoms with Crippen LogP contribution in [0.2, 0.25) is 0 Å². The Bertz CT molecular complexity index is 1120. The maximum Gasteiger partial charge on any atom is 0.337 e. The van der Waals surface area contributed by atoms with Gasteiger partial charge in [-0.3, -0.25) is 0 Å². The average Bonchev–Trinajstić information content (AvgIpc) is 3.30. The van der Waals surface area contributed by atoms with Gasteiger partial charge < -0.3 is 14.5 Å². The van der Waals surface area contributed by atoms with Crippen LogP contribution in [0.1, 0.15) is 27.9 Å². The van der Waals surface area contributed by atoms with E-state index in [4.69, 9.17) is 9.15 Å². The first-order chi connectivity index (χ1) is 13.2. The predicted molar refractivity (Wildman–Crippen MR) is 107 cm³/mol. The summed E-state index contributed by atoms with van der Waals surface area (Å²) in [6.07, 6.45) is 3.29. The first-order valence-electron chi connectivity index (χ1n) is 8.76. The molecule has 0 saturated heterocycles. The minimum Gasteiger partial charge on any atom is -0.465 e. The molecule has 1 aromatic carbocycles.